The van der Waals surface area contributed by atoms with Crippen molar-refractivity contribution in [1.29, 1.82) is 0 Å². The Morgan fingerprint density at radius 1 is 1.22 bits per heavy atom. The van der Waals surface area contributed by atoms with Crippen LogP contribution in [-0.2, 0) is 6.18 Å². The number of nitrogens with zero attached hydrogens (tertiary/aromatic N) is 5. The summed E-state index contributed by atoms with van der Waals surface area (Å²) in [7, 11) is 0. The van der Waals surface area contributed by atoms with Crippen molar-refractivity contribution in [2.24, 2.45) is 0 Å². The van der Waals surface area contributed by atoms with Crippen molar-refractivity contribution in [2.75, 3.05) is 18.0 Å². The number of ether oxygens (including phenoxy) is 1. The normalized spacial score (nSPS) is 17.6. The van der Waals surface area contributed by atoms with Gasteiger partial charge in [-0.05, 0) is 12.1 Å². The molecule has 0 bridgehead atoms. The summed E-state index contributed by atoms with van der Waals surface area (Å²) in [4.78, 5) is 36.9. The van der Waals surface area contributed by atoms with Gasteiger partial charge in [0, 0.05) is 18.5 Å². The van der Waals surface area contributed by atoms with Crippen LogP contribution in [0, 0.1) is 0 Å². The molecular formula is C20H13ClF5N7O3. The molecule has 0 aromatic carbocycles. The first kappa shape index (κ1) is 23.7. The molecule has 36 heavy (non-hydrogen) atoms. The monoisotopic (exact) mass is 529 g/mol. The Morgan fingerprint density at radius 2 is 2.00 bits per heavy atom. The molecule has 5 heterocycles. The number of H-pyrrole nitrogens is 2. The fourth-order valence-electron chi connectivity index (χ4n) is 3.76. The summed E-state index contributed by atoms with van der Waals surface area (Å²) in [6.45, 7) is -1.35. The molecule has 4 aromatic rings. The Hall–Kier alpha value is -4.01. The number of aromatic nitrogens is 6. The predicted molar refractivity (Wildman–Crippen MR) is 115 cm³/mol. The Bertz CT molecular complexity index is 1580. The number of anilines is 1. The lowest BCUT2D eigenvalue weighted by Crippen LogP contribution is -2.36. The Kier molecular flexibility index (Phi) is 5.46. The van der Waals surface area contributed by atoms with Gasteiger partial charge in [0.1, 0.15) is 10.8 Å². The van der Waals surface area contributed by atoms with Gasteiger partial charge in [-0.2, -0.15) is 18.3 Å². The lowest BCUT2D eigenvalue weighted by Gasteiger charge is -2.19. The highest BCUT2D eigenvalue weighted by atomic mass is 35.5. The summed E-state index contributed by atoms with van der Waals surface area (Å²) >= 11 is 5.98. The van der Waals surface area contributed by atoms with Crippen LogP contribution in [-0.4, -0.2) is 54.7 Å². The fourth-order valence-corrected chi connectivity index (χ4v) is 3.93. The average Bonchev–Trinajstić information content (AvgIpc) is 3.30. The van der Waals surface area contributed by atoms with E-state index in [0.717, 1.165) is 12.4 Å². The smallest absolute Gasteiger partial charge is 0.416 e. The van der Waals surface area contributed by atoms with Crippen molar-refractivity contribution < 1.29 is 26.7 Å². The SMILES string of the molecule is O=c1[nH]cc(-c2cc(N3C[C@H](Oc4cc(C(F)(F)F)ccn4)C(F)(F)C3)c3nc(Cl)cn3n2)c(=O)[nH]1. The molecule has 0 amide bonds. The molecule has 4 aromatic heterocycles. The van der Waals surface area contributed by atoms with Gasteiger partial charge in [-0.25, -0.2) is 28.1 Å². The lowest BCUT2D eigenvalue weighted by molar-refractivity contribution is -0.137. The van der Waals surface area contributed by atoms with Crippen molar-refractivity contribution in [3.63, 3.8) is 0 Å². The second kappa shape index (κ2) is 8.29. The maximum Gasteiger partial charge on any atom is 0.416 e. The zero-order chi connectivity index (χ0) is 25.8. The van der Waals surface area contributed by atoms with Gasteiger partial charge in [-0.3, -0.25) is 9.78 Å². The van der Waals surface area contributed by atoms with E-state index in [1.165, 1.54) is 21.7 Å². The highest BCUT2D eigenvalue weighted by molar-refractivity contribution is 6.29. The van der Waals surface area contributed by atoms with E-state index < -0.39 is 54.0 Å². The van der Waals surface area contributed by atoms with E-state index in [2.05, 4.69) is 20.1 Å². The highest BCUT2D eigenvalue weighted by Gasteiger charge is 2.51. The van der Waals surface area contributed by atoms with Crippen LogP contribution in [0.25, 0.3) is 16.9 Å². The summed E-state index contributed by atoms with van der Waals surface area (Å²) in [5.41, 5.74) is -2.49. The van der Waals surface area contributed by atoms with E-state index in [-0.39, 0.29) is 27.7 Å². The third-order valence-electron chi connectivity index (χ3n) is 5.40. The van der Waals surface area contributed by atoms with Crippen LogP contribution < -0.4 is 20.9 Å². The summed E-state index contributed by atoms with van der Waals surface area (Å²) < 4.78 is 75.2. The van der Waals surface area contributed by atoms with Gasteiger partial charge >= 0.3 is 17.8 Å². The molecule has 1 aliphatic rings. The Balaban J connectivity index is 1.52. The van der Waals surface area contributed by atoms with Gasteiger partial charge in [0.2, 0.25) is 5.88 Å². The molecule has 16 heteroatoms. The number of aromatic amines is 2. The standard InChI is InChI=1S/C20H13ClF5N7O3/c21-14-7-33-16(29-14)12(4-11(31-33)10-5-28-18(35)30-17(10)34)32-6-13(19(22,23)8-32)36-15-3-9(1-2-27-15)20(24,25)26/h1-5,7,13H,6,8H2,(H2,28,30,34,35)/t13-/m0/s1. The van der Waals surface area contributed by atoms with Crippen molar-refractivity contribution >= 4 is 22.9 Å². The van der Waals surface area contributed by atoms with Gasteiger partial charge in [0.15, 0.2) is 11.8 Å². The molecule has 1 atom stereocenters. The van der Waals surface area contributed by atoms with Crippen molar-refractivity contribution in [3.05, 3.63) is 68.3 Å². The van der Waals surface area contributed by atoms with E-state index in [4.69, 9.17) is 16.3 Å². The van der Waals surface area contributed by atoms with E-state index in [0.29, 0.717) is 12.1 Å². The first-order valence-electron chi connectivity index (χ1n) is 10.1. The number of alkyl halides is 5. The summed E-state index contributed by atoms with van der Waals surface area (Å²) in [6, 6.07) is 2.54. The number of pyridine rings is 1. The second-order valence-corrected chi connectivity index (χ2v) is 8.25. The third-order valence-corrected chi connectivity index (χ3v) is 5.58. The minimum atomic E-state index is -4.70. The number of rotatable bonds is 4. The molecule has 1 fully saturated rings. The molecule has 0 aliphatic carbocycles. The van der Waals surface area contributed by atoms with Crippen LogP contribution in [0.4, 0.5) is 27.6 Å². The highest BCUT2D eigenvalue weighted by Crippen LogP contribution is 2.37. The largest absolute Gasteiger partial charge is 0.466 e. The molecule has 0 spiro atoms. The summed E-state index contributed by atoms with van der Waals surface area (Å²) in [5.74, 6) is -4.11. The minimum absolute atomic E-state index is 0.0105. The van der Waals surface area contributed by atoms with E-state index in [1.54, 1.807) is 0 Å². The van der Waals surface area contributed by atoms with Crippen molar-refractivity contribution in [2.45, 2.75) is 18.2 Å². The van der Waals surface area contributed by atoms with Gasteiger partial charge in [0.05, 0.1) is 36.1 Å². The molecule has 1 aliphatic heterocycles. The molecule has 1 saturated heterocycles. The number of halogens is 6. The Morgan fingerprint density at radius 3 is 2.72 bits per heavy atom. The van der Waals surface area contributed by atoms with E-state index >= 15 is 0 Å². The van der Waals surface area contributed by atoms with Crippen molar-refractivity contribution in [3.8, 4) is 17.1 Å². The number of nitrogens with one attached hydrogen (secondary N) is 2. The van der Waals surface area contributed by atoms with Crippen LogP contribution in [0.2, 0.25) is 5.15 Å². The number of fused-ring (bicyclic) bond motifs is 1. The molecule has 0 saturated carbocycles. The molecule has 5 rings (SSSR count). The zero-order valence-corrected chi connectivity index (χ0v) is 18.4. The minimum Gasteiger partial charge on any atom is -0.466 e. The fraction of sp³-hybridized carbons (Fsp3) is 0.250. The van der Waals surface area contributed by atoms with Gasteiger partial charge in [0.25, 0.3) is 5.56 Å². The van der Waals surface area contributed by atoms with Gasteiger partial charge in [-0.1, -0.05) is 11.6 Å². The second-order valence-electron chi connectivity index (χ2n) is 7.86. The molecule has 0 unspecified atom stereocenters. The maximum atomic E-state index is 14.9. The first-order chi connectivity index (χ1) is 16.9. The molecule has 2 N–H and O–H groups in total. The van der Waals surface area contributed by atoms with Crippen LogP contribution in [0.3, 0.4) is 0 Å². The van der Waals surface area contributed by atoms with Crippen LogP contribution in [0.5, 0.6) is 5.88 Å². The molecular weight excluding hydrogens is 517 g/mol. The zero-order valence-electron chi connectivity index (χ0n) is 17.7. The van der Waals surface area contributed by atoms with E-state index in [9.17, 15) is 31.5 Å². The molecule has 0 radical (unpaired) electrons. The molecule has 10 nitrogen and oxygen atoms in total. The van der Waals surface area contributed by atoms with Crippen LogP contribution in [0.1, 0.15) is 5.56 Å². The topological polar surface area (TPSA) is 121 Å². The first-order valence-corrected chi connectivity index (χ1v) is 10.5. The lowest BCUT2D eigenvalue weighted by atomic mass is 10.2. The number of imidazole rings is 1. The van der Waals surface area contributed by atoms with Gasteiger partial charge in [-0.15, -0.1) is 0 Å². The number of hydrogen-bond donors (Lipinski definition) is 2. The van der Waals surface area contributed by atoms with Gasteiger partial charge < -0.3 is 14.6 Å². The summed E-state index contributed by atoms with van der Waals surface area (Å²) in [6.07, 6.45) is -3.34. The van der Waals surface area contributed by atoms with Crippen LogP contribution in [0.15, 0.2) is 46.4 Å². The van der Waals surface area contributed by atoms with Crippen LogP contribution >= 0.6 is 11.6 Å². The Labute approximate surface area is 201 Å². The summed E-state index contributed by atoms with van der Waals surface area (Å²) in [5, 5.41) is 4.20. The molecule has 188 valence electrons. The maximum absolute atomic E-state index is 14.9. The predicted octanol–water partition coefficient (Wildman–Crippen LogP) is 2.74. The average molecular weight is 530 g/mol. The number of hydrogen-bond acceptors (Lipinski definition) is 7. The van der Waals surface area contributed by atoms with Crippen molar-refractivity contribution in [1.82, 2.24) is 29.5 Å². The third kappa shape index (κ3) is 4.36. The quantitative estimate of drug-likeness (QED) is 0.390. The van der Waals surface area contributed by atoms with E-state index in [1.807, 2.05) is 4.98 Å².